The van der Waals surface area contributed by atoms with Gasteiger partial charge in [-0.2, -0.15) is 0 Å². The average Bonchev–Trinajstić information content (AvgIpc) is 2.75. The number of methoxy groups -OCH3 is 1. The Balaban J connectivity index is 1.47. The van der Waals surface area contributed by atoms with E-state index < -0.39 is 6.10 Å². The van der Waals surface area contributed by atoms with Crippen LogP contribution in [-0.2, 0) is 11.3 Å². The number of piperazine rings is 1. The Morgan fingerprint density at radius 3 is 2.41 bits per heavy atom. The topological polar surface area (TPSA) is 77.9 Å². The third-order valence-corrected chi connectivity index (χ3v) is 5.52. The number of β-amino-alcohol motifs (C(OH)–C–C–N with tert-alkyl or cyclic N) is 2. The van der Waals surface area contributed by atoms with E-state index in [-0.39, 0.29) is 13.2 Å². The maximum atomic E-state index is 10.3. The molecule has 1 aromatic carbocycles. The monoisotopic (exact) mass is 409 g/mol. The summed E-state index contributed by atoms with van der Waals surface area (Å²) in [7, 11) is 1.64. The number of aliphatic hydroxyl groups is 2. The van der Waals surface area contributed by atoms with E-state index in [0.29, 0.717) is 18.0 Å². The highest BCUT2D eigenvalue weighted by atomic mass is 16.5. The normalized spacial score (nSPS) is 20.5. The summed E-state index contributed by atoms with van der Waals surface area (Å²) >= 11 is 0. The van der Waals surface area contributed by atoms with E-state index in [4.69, 9.17) is 19.3 Å². The highest BCUT2D eigenvalue weighted by molar-refractivity contribution is 5.43. The standard InChI is InChI=1S/C21H35N3O5/c1-27-21-14-18(15-23-6-4-22(5-7-23)8-11-25)2-3-20(21)29-17-19(26)16-24-9-12-28-13-10-24/h2-3,14,19,25-26H,4-13,15-17H2,1H3/t19-/m0/s1. The molecule has 8 nitrogen and oxygen atoms in total. The molecule has 29 heavy (non-hydrogen) atoms. The minimum absolute atomic E-state index is 0.222. The van der Waals surface area contributed by atoms with Crippen LogP contribution in [0.3, 0.4) is 0 Å². The minimum atomic E-state index is -0.548. The van der Waals surface area contributed by atoms with Crippen LogP contribution >= 0.6 is 0 Å². The fraction of sp³-hybridized carbons (Fsp3) is 0.714. The quantitative estimate of drug-likeness (QED) is 0.554. The number of ether oxygens (including phenoxy) is 3. The molecule has 8 heteroatoms. The van der Waals surface area contributed by atoms with Gasteiger partial charge in [0.15, 0.2) is 11.5 Å². The smallest absolute Gasteiger partial charge is 0.161 e. The zero-order valence-corrected chi connectivity index (χ0v) is 17.5. The molecule has 1 aromatic rings. The van der Waals surface area contributed by atoms with Gasteiger partial charge in [-0.15, -0.1) is 0 Å². The van der Waals surface area contributed by atoms with Crippen LogP contribution in [0, 0.1) is 0 Å². The Kier molecular flexibility index (Phi) is 8.97. The summed E-state index contributed by atoms with van der Waals surface area (Å²) in [5.41, 5.74) is 1.18. The first-order chi connectivity index (χ1) is 14.2. The maximum Gasteiger partial charge on any atom is 0.161 e. The van der Waals surface area contributed by atoms with Crippen molar-refractivity contribution in [3.8, 4) is 11.5 Å². The summed E-state index contributed by atoms with van der Waals surface area (Å²) < 4.78 is 16.7. The Morgan fingerprint density at radius 1 is 1.00 bits per heavy atom. The molecule has 0 unspecified atom stereocenters. The Morgan fingerprint density at radius 2 is 1.72 bits per heavy atom. The van der Waals surface area contributed by atoms with E-state index in [9.17, 15) is 5.11 Å². The van der Waals surface area contributed by atoms with E-state index in [0.717, 1.165) is 65.6 Å². The number of nitrogens with zero attached hydrogens (tertiary/aromatic N) is 3. The molecule has 0 aliphatic carbocycles. The van der Waals surface area contributed by atoms with Crippen molar-refractivity contribution in [2.45, 2.75) is 12.6 Å². The molecule has 2 saturated heterocycles. The van der Waals surface area contributed by atoms with Crippen LogP contribution in [0.4, 0.5) is 0 Å². The summed E-state index contributed by atoms with van der Waals surface area (Å²) in [6, 6.07) is 6.01. The third kappa shape index (κ3) is 7.09. The van der Waals surface area contributed by atoms with Gasteiger partial charge in [0, 0.05) is 58.9 Å². The van der Waals surface area contributed by atoms with E-state index in [1.54, 1.807) is 7.11 Å². The second kappa shape index (κ2) is 11.7. The van der Waals surface area contributed by atoms with Gasteiger partial charge in [0.25, 0.3) is 0 Å². The van der Waals surface area contributed by atoms with Crippen molar-refractivity contribution in [3.63, 3.8) is 0 Å². The molecule has 2 N–H and O–H groups in total. The van der Waals surface area contributed by atoms with Gasteiger partial charge in [-0.05, 0) is 17.7 Å². The zero-order valence-electron chi connectivity index (χ0n) is 17.5. The molecule has 2 fully saturated rings. The number of benzene rings is 1. The highest BCUT2D eigenvalue weighted by Gasteiger charge is 2.18. The Labute approximate surface area is 173 Å². The molecule has 0 bridgehead atoms. The van der Waals surface area contributed by atoms with E-state index >= 15 is 0 Å². The average molecular weight is 410 g/mol. The van der Waals surface area contributed by atoms with Crippen molar-refractivity contribution in [1.29, 1.82) is 0 Å². The second-order valence-corrected chi connectivity index (χ2v) is 7.70. The predicted molar refractivity (Wildman–Crippen MR) is 111 cm³/mol. The third-order valence-electron chi connectivity index (χ3n) is 5.52. The molecule has 0 amide bonds. The largest absolute Gasteiger partial charge is 0.493 e. The highest BCUT2D eigenvalue weighted by Crippen LogP contribution is 2.29. The number of hydrogen-bond donors (Lipinski definition) is 2. The van der Waals surface area contributed by atoms with Crippen LogP contribution in [0.1, 0.15) is 5.56 Å². The molecule has 3 rings (SSSR count). The molecule has 2 aliphatic heterocycles. The second-order valence-electron chi connectivity index (χ2n) is 7.70. The SMILES string of the molecule is COc1cc(CN2CCN(CCO)CC2)ccc1OC[C@@H](O)CN1CCOCC1. The molecule has 0 spiro atoms. The lowest BCUT2D eigenvalue weighted by molar-refractivity contribution is 0.00445. The van der Waals surface area contributed by atoms with Crippen LogP contribution in [-0.4, -0.2) is 117 Å². The van der Waals surface area contributed by atoms with Crippen molar-refractivity contribution >= 4 is 0 Å². The fourth-order valence-electron chi connectivity index (χ4n) is 3.82. The van der Waals surface area contributed by atoms with Gasteiger partial charge in [-0.25, -0.2) is 0 Å². The van der Waals surface area contributed by atoms with Gasteiger partial charge in [0.1, 0.15) is 12.7 Å². The minimum Gasteiger partial charge on any atom is -0.493 e. The van der Waals surface area contributed by atoms with Gasteiger partial charge in [0.2, 0.25) is 0 Å². The van der Waals surface area contributed by atoms with Crippen LogP contribution in [0.15, 0.2) is 18.2 Å². The van der Waals surface area contributed by atoms with E-state index in [2.05, 4.69) is 20.8 Å². The lowest BCUT2D eigenvalue weighted by Gasteiger charge is -2.34. The molecule has 2 heterocycles. The van der Waals surface area contributed by atoms with Gasteiger partial charge in [0.05, 0.1) is 26.9 Å². The van der Waals surface area contributed by atoms with Gasteiger partial charge < -0.3 is 24.4 Å². The summed E-state index contributed by atoms with van der Waals surface area (Å²) in [6.07, 6.45) is -0.548. The molecule has 164 valence electrons. The van der Waals surface area contributed by atoms with Gasteiger partial charge in [-0.3, -0.25) is 14.7 Å². The molecule has 2 aliphatic rings. The Hall–Kier alpha value is -1.42. The van der Waals surface area contributed by atoms with Crippen molar-refractivity contribution in [2.24, 2.45) is 0 Å². The maximum absolute atomic E-state index is 10.3. The molecule has 0 aromatic heterocycles. The molecule has 1 atom stereocenters. The predicted octanol–water partition coefficient (Wildman–Crippen LogP) is -0.123. The van der Waals surface area contributed by atoms with Crippen molar-refractivity contribution in [1.82, 2.24) is 14.7 Å². The number of aliphatic hydroxyl groups excluding tert-OH is 2. The number of rotatable bonds is 10. The first-order valence-electron chi connectivity index (χ1n) is 10.5. The molecule has 0 saturated carbocycles. The molecular formula is C21H35N3O5. The van der Waals surface area contributed by atoms with Crippen LogP contribution in [0.5, 0.6) is 11.5 Å². The fourth-order valence-corrected chi connectivity index (χ4v) is 3.82. The zero-order chi connectivity index (χ0) is 20.5. The number of hydrogen-bond acceptors (Lipinski definition) is 8. The van der Waals surface area contributed by atoms with E-state index in [1.165, 1.54) is 5.56 Å². The lowest BCUT2D eigenvalue weighted by Crippen LogP contribution is -2.46. The summed E-state index contributed by atoms with van der Waals surface area (Å²) in [6.45, 7) is 9.77. The summed E-state index contributed by atoms with van der Waals surface area (Å²) in [4.78, 5) is 6.89. The van der Waals surface area contributed by atoms with Crippen LogP contribution in [0.2, 0.25) is 0 Å². The molecule has 0 radical (unpaired) electrons. The lowest BCUT2D eigenvalue weighted by atomic mass is 10.1. The first kappa shape index (κ1) is 22.3. The Bertz CT molecular complexity index is 604. The summed E-state index contributed by atoms with van der Waals surface area (Å²) in [5, 5.41) is 19.3. The van der Waals surface area contributed by atoms with Crippen LogP contribution < -0.4 is 9.47 Å². The van der Waals surface area contributed by atoms with Crippen LogP contribution in [0.25, 0.3) is 0 Å². The summed E-state index contributed by atoms with van der Waals surface area (Å²) in [5.74, 6) is 1.35. The van der Waals surface area contributed by atoms with Crippen molar-refractivity contribution in [2.75, 3.05) is 85.9 Å². The van der Waals surface area contributed by atoms with Gasteiger partial charge in [-0.1, -0.05) is 6.07 Å². The van der Waals surface area contributed by atoms with Gasteiger partial charge >= 0.3 is 0 Å². The first-order valence-corrected chi connectivity index (χ1v) is 10.5. The molecular weight excluding hydrogens is 374 g/mol. The van der Waals surface area contributed by atoms with Crippen molar-refractivity contribution < 1.29 is 24.4 Å². The number of morpholine rings is 1. The van der Waals surface area contributed by atoms with E-state index in [1.807, 2.05) is 12.1 Å². The van der Waals surface area contributed by atoms with Crippen molar-refractivity contribution in [3.05, 3.63) is 23.8 Å².